The van der Waals surface area contributed by atoms with Gasteiger partial charge in [0.25, 0.3) is 0 Å². The van der Waals surface area contributed by atoms with E-state index in [4.69, 9.17) is 0 Å². The third kappa shape index (κ3) is 7.52. The predicted octanol–water partition coefficient (Wildman–Crippen LogP) is 7.37. The van der Waals surface area contributed by atoms with Crippen LogP contribution in [0.4, 0.5) is 0 Å². The van der Waals surface area contributed by atoms with Gasteiger partial charge in [-0.1, -0.05) is 0 Å². The van der Waals surface area contributed by atoms with Gasteiger partial charge in [0.2, 0.25) is 0 Å². The first-order valence-electron chi connectivity index (χ1n) is 8.37. The van der Waals surface area contributed by atoms with E-state index >= 15 is 0 Å². The molecule has 0 aromatic rings. The van der Waals surface area contributed by atoms with E-state index in [1.54, 1.807) is 0 Å². The molecule has 0 aliphatic carbocycles. The molecule has 0 aromatic carbocycles. The summed E-state index contributed by atoms with van der Waals surface area (Å²) in [4.78, 5) is 0. The van der Waals surface area contributed by atoms with Crippen molar-refractivity contribution in [3.63, 3.8) is 0 Å². The fourth-order valence-corrected chi connectivity index (χ4v) is 20.9. The van der Waals surface area contributed by atoms with Crippen molar-refractivity contribution in [2.75, 3.05) is 0 Å². The van der Waals surface area contributed by atoms with Gasteiger partial charge in [-0.25, -0.2) is 0 Å². The number of hydrogen-bond donors (Lipinski definition) is 0. The van der Waals surface area contributed by atoms with Crippen LogP contribution < -0.4 is 0 Å². The molecule has 1 heteroatoms. The summed E-state index contributed by atoms with van der Waals surface area (Å²) in [5, 5.41) is 4.47. The molecule has 0 rings (SSSR count). The van der Waals surface area contributed by atoms with Gasteiger partial charge in [-0.3, -0.25) is 0 Å². The standard InChI is InChI=1S/C19H42Ge/c1-16(2,3)13-20(19(10,11)12,14-17(4,5)6)15-18(7,8)9/h13-15H2,1-12H3. The Morgan fingerprint density at radius 3 is 0.750 bits per heavy atom. The Hall–Kier alpha value is 0.543. The Morgan fingerprint density at radius 2 is 0.650 bits per heavy atom. The Kier molecular flexibility index (Phi) is 6.13. The molecule has 0 N–H and O–H groups in total. The predicted molar refractivity (Wildman–Crippen MR) is 98.3 cm³/mol. The fourth-order valence-electron chi connectivity index (χ4n) is 4.03. The SMILES string of the molecule is CC(C)(C)[CH2][Ge]([CH2]C(C)(C)C)([CH2]C(C)(C)C)[C](C)(C)C. The summed E-state index contributed by atoms with van der Waals surface area (Å²) in [6, 6.07) is 0. The summed E-state index contributed by atoms with van der Waals surface area (Å²) in [6.45, 7) is 29.6. The van der Waals surface area contributed by atoms with Crippen LogP contribution in [0.5, 0.6) is 0 Å². The van der Waals surface area contributed by atoms with Crippen LogP contribution in [-0.4, -0.2) is 13.3 Å². The van der Waals surface area contributed by atoms with E-state index < -0.39 is 13.3 Å². The molecule has 0 aliphatic heterocycles. The van der Waals surface area contributed by atoms with E-state index in [2.05, 4.69) is 83.1 Å². The molecule has 0 saturated heterocycles. The van der Waals surface area contributed by atoms with Crippen LogP contribution in [0, 0.1) is 16.2 Å². The first-order chi connectivity index (χ1) is 8.37. The summed E-state index contributed by atoms with van der Waals surface area (Å²) in [5.74, 6) is 0. The zero-order valence-electron chi connectivity index (χ0n) is 16.6. The summed E-state index contributed by atoms with van der Waals surface area (Å²) < 4.78 is 0.522. The summed E-state index contributed by atoms with van der Waals surface area (Å²) in [6.07, 6.45) is 0. The Labute approximate surface area is 132 Å². The summed E-state index contributed by atoms with van der Waals surface area (Å²) >= 11 is -2.03. The van der Waals surface area contributed by atoms with Crippen molar-refractivity contribution in [1.29, 1.82) is 0 Å². The zero-order chi connectivity index (χ0) is 16.6. The molecule has 0 fully saturated rings. The van der Waals surface area contributed by atoms with E-state index in [0.717, 1.165) is 0 Å². The van der Waals surface area contributed by atoms with Crippen molar-refractivity contribution >= 4 is 13.3 Å². The Morgan fingerprint density at radius 1 is 0.450 bits per heavy atom. The number of hydrogen-bond acceptors (Lipinski definition) is 0. The van der Waals surface area contributed by atoms with E-state index in [9.17, 15) is 0 Å². The van der Waals surface area contributed by atoms with Crippen molar-refractivity contribution in [3.8, 4) is 0 Å². The molecule has 0 amide bonds. The molecule has 0 spiro atoms. The quantitative estimate of drug-likeness (QED) is 0.469. The molecule has 0 atom stereocenters. The molecule has 0 radical (unpaired) electrons. The maximum atomic E-state index is 2.54. The van der Waals surface area contributed by atoms with Gasteiger partial charge >= 0.3 is 133 Å². The average Bonchev–Trinajstić information content (AvgIpc) is 1.88. The first kappa shape index (κ1) is 20.5. The summed E-state index contributed by atoms with van der Waals surface area (Å²) in [7, 11) is 0. The van der Waals surface area contributed by atoms with Crippen molar-refractivity contribution in [2.45, 2.75) is 103 Å². The Bertz CT molecular complexity index is 258. The van der Waals surface area contributed by atoms with Crippen LogP contribution in [-0.2, 0) is 0 Å². The molecule has 122 valence electrons. The van der Waals surface area contributed by atoms with Crippen molar-refractivity contribution in [1.82, 2.24) is 0 Å². The van der Waals surface area contributed by atoms with E-state index in [1.807, 2.05) is 0 Å². The first-order valence-corrected chi connectivity index (χ1v) is 13.9. The molecular weight excluding hydrogens is 301 g/mol. The molecule has 0 aromatic heterocycles. The van der Waals surface area contributed by atoms with Gasteiger partial charge in [0, 0.05) is 0 Å². The molecule has 0 aliphatic rings. The van der Waals surface area contributed by atoms with Crippen molar-refractivity contribution in [3.05, 3.63) is 0 Å². The van der Waals surface area contributed by atoms with E-state index in [-0.39, 0.29) is 0 Å². The monoisotopic (exact) mass is 344 g/mol. The second kappa shape index (κ2) is 5.97. The minimum absolute atomic E-state index is 0.462. The Balaban J connectivity index is 5.78. The third-order valence-corrected chi connectivity index (χ3v) is 21.8. The molecule has 0 unspecified atom stereocenters. The van der Waals surface area contributed by atoms with Crippen LogP contribution in [0.2, 0.25) is 20.0 Å². The van der Waals surface area contributed by atoms with Crippen LogP contribution in [0.3, 0.4) is 0 Å². The van der Waals surface area contributed by atoms with Gasteiger partial charge in [-0.2, -0.15) is 0 Å². The molecular formula is C19H42Ge. The van der Waals surface area contributed by atoms with Crippen LogP contribution >= 0.6 is 0 Å². The van der Waals surface area contributed by atoms with Gasteiger partial charge in [0.15, 0.2) is 0 Å². The third-order valence-electron chi connectivity index (χ3n) is 4.20. The topological polar surface area (TPSA) is 0 Å². The van der Waals surface area contributed by atoms with Crippen LogP contribution in [0.25, 0.3) is 0 Å². The minimum atomic E-state index is -2.03. The zero-order valence-corrected chi connectivity index (χ0v) is 18.7. The molecule has 20 heavy (non-hydrogen) atoms. The van der Waals surface area contributed by atoms with Crippen LogP contribution in [0.1, 0.15) is 83.1 Å². The normalized spacial score (nSPS) is 15.6. The van der Waals surface area contributed by atoms with Crippen LogP contribution in [0.15, 0.2) is 0 Å². The fraction of sp³-hybridized carbons (Fsp3) is 1.00. The van der Waals surface area contributed by atoms with Gasteiger partial charge in [0.1, 0.15) is 0 Å². The molecule has 0 heterocycles. The number of rotatable bonds is 3. The molecule has 0 bridgehead atoms. The van der Waals surface area contributed by atoms with Gasteiger partial charge in [0.05, 0.1) is 0 Å². The van der Waals surface area contributed by atoms with Gasteiger partial charge < -0.3 is 0 Å². The van der Waals surface area contributed by atoms with Gasteiger partial charge in [-0.15, -0.1) is 0 Å². The second-order valence-corrected chi connectivity index (χ2v) is 22.5. The van der Waals surface area contributed by atoms with E-state index in [0.29, 0.717) is 20.5 Å². The molecule has 0 nitrogen and oxygen atoms in total. The average molecular weight is 343 g/mol. The maximum absolute atomic E-state index is 2.54. The summed E-state index contributed by atoms with van der Waals surface area (Å²) in [5.41, 5.74) is 1.39. The van der Waals surface area contributed by atoms with Crippen molar-refractivity contribution < 1.29 is 0 Å². The molecule has 0 saturated carbocycles. The van der Waals surface area contributed by atoms with E-state index in [1.165, 1.54) is 15.8 Å². The second-order valence-electron chi connectivity index (χ2n) is 11.7. The van der Waals surface area contributed by atoms with Gasteiger partial charge in [-0.05, 0) is 0 Å². The van der Waals surface area contributed by atoms with Crippen molar-refractivity contribution in [2.24, 2.45) is 16.2 Å².